The first-order valence-corrected chi connectivity index (χ1v) is 7.98. The van der Waals surface area contributed by atoms with E-state index in [0.29, 0.717) is 23.5 Å². The molecule has 0 unspecified atom stereocenters. The lowest BCUT2D eigenvalue weighted by Gasteiger charge is -2.10. The molecule has 2 rings (SSSR count). The van der Waals surface area contributed by atoms with Gasteiger partial charge in [0, 0.05) is 18.5 Å². The van der Waals surface area contributed by atoms with Crippen molar-refractivity contribution in [1.29, 1.82) is 0 Å². The van der Waals surface area contributed by atoms with E-state index in [0.717, 1.165) is 5.56 Å². The molecule has 0 aliphatic carbocycles. The second-order valence-electron chi connectivity index (χ2n) is 4.48. The van der Waals surface area contributed by atoms with Crippen molar-refractivity contribution in [2.75, 3.05) is 23.3 Å². The fraction of sp³-hybridized carbons (Fsp3) is 0.214. The Morgan fingerprint density at radius 2 is 1.95 bits per heavy atom. The zero-order valence-electron chi connectivity index (χ0n) is 11.6. The number of nitrogens with one attached hydrogen (secondary N) is 1. The molecule has 3 N–H and O–H groups in total. The second-order valence-corrected chi connectivity index (χ2v) is 6.32. The summed E-state index contributed by atoms with van der Waals surface area (Å²) in [5.41, 5.74) is 7.49. The van der Waals surface area contributed by atoms with Gasteiger partial charge in [0.1, 0.15) is 5.75 Å². The number of hydrogen-bond donors (Lipinski definition) is 2. The molecule has 1 heterocycles. The summed E-state index contributed by atoms with van der Waals surface area (Å²) in [5, 5.41) is 0. The molecule has 0 bridgehead atoms. The smallest absolute Gasteiger partial charge is 0.233 e. The summed E-state index contributed by atoms with van der Waals surface area (Å²) in [4.78, 5) is 3.89. The maximum atomic E-state index is 12.1. The van der Waals surface area contributed by atoms with Gasteiger partial charge in [-0.1, -0.05) is 0 Å². The summed E-state index contributed by atoms with van der Waals surface area (Å²) in [6, 6.07) is 8.34. The normalized spacial score (nSPS) is 11.1. The Morgan fingerprint density at radius 1 is 1.24 bits per heavy atom. The van der Waals surface area contributed by atoms with Gasteiger partial charge in [0.2, 0.25) is 10.0 Å². The fourth-order valence-electron chi connectivity index (χ4n) is 1.81. The monoisotopic (exact) mass is 307 g/mol. The molecule has 0 saturated heterocycles. The van der Waals surface area contributed by atoms with Crippen LogP contribution in [0.5, 0.6) is 5.75 Å². The molecule has 0 atom stereocenters. The molecule has 6 nitrogen and oxygen atoms in total. The van der Waals surface area contributed by atoms with E-state index in [4.69, 9.17) is 10.5 Å². The van der Waals surface area contributed by atoms with Crippen molar-refractivity contribution in [3.05, 3.63) is 48.3 Å². The summed E-state index contributed by atoms with van der Waals surface area (Å²) in [6.07, 6.45) is 3.70. The predicted octanol–water partition coefficient (Wildman–Crippen LogP) is 1.66. The number of rotatable bonds is 6. The van der Waals surface area contributed by atoms with Gasteiger partial charge < -0.3 is 10.5 Å². The van der Waals surface area contributed by atoms with Crippen molar-refractivity contribution in [2.45, 2.75) is 6.42 Å². The molecule has 112 valence electrons. The molecule has 0 amide bonds. The summed E-state index contributed by atoms with van der Waals surface area (Å²) in [6.45, 7) is 0. The largest absolute Gasteiger partial charge is 0.495 e. The van der Waals surface area contributed by atoms with Crippen LogP contribution in [0.25, 0.3) is 0 Å². The molecule has 0 aliphatic heterocycles. The van der Waals surface area contributed by atoms with Crippen molar-refractivity contribution in [3.63, 3.8) is 0 Å². The number of nitrogens with two attached hydrogens (primary N) is 1. The first-order valence-electron chi connectivity index (χ1n) is 6.33. The molecule has 0 saturated carbocycles. The third-order valence-electron chi connectivity index (χ3n) is 2.92. The zero-order chi connectivity index (χ0) is 15.3. The average molecular weight is 307 g/mol. The number of hydrogen-bond acceptors (Lipinski definition) is 5. The number of benzene rings is 1. The highest BCUT2D eigenvalue weighted by Gasteiger charge is 2.12. The fourth-order valence-corrected chi connectivity index (χ4v) is 2.90. The molecule has 0 fully saturated rings. The molecular formula is C14H17N3O3S. The molecule has 0 radical (unpaired) electrons. The zero-order valence-corrected chi connectivity index (χ0v) is 12.4. The SMILES string of the molecule is COc1cc(NS(=O)(=O)CCc2ccncc2)ccc1N. The summed E-state index contributed by atoms with van der Waals surface area (Å²) < 4.78 is 31.7. The molecule has 0 spiro atoms. The maximum absolute atomic E-state index is 12.1. The Morgan fingerprint density at radius 3 is 2.62 bits per heavy atom. The lowest BCUT2D eigenvalue weighted by Crippen LogP contribution is -2.18. The van der Waals surface area contributed by atoms with Crippen molar-refractivity contribution in [1.82, 2.24) is 4.98 Å². The number of nitrogen functional groups attached to an aromatic ring is 1. The summed E-state index contributed by atoms with van der Waals surface area (Å²) >= 11 is 0. The van der Waals surface area contributed by atoms with Crippen LogP contribution in [-0.2, 0) is 16.4 Å². The molecule has 2 aromatic rings. The molecular weight excluding hydrogens is 290 g/mol. The van der Waals surface area contributed by atoms with E-state index in [1.54, 1.807) is 42.7 Å². The van der Waals surface area contributed by atoms with Crippen LogP contribution in [0.3, 0.4) is 0 Å². The topological polar surface area (TPSA) is 94.3 Å². The quantitative estimate of drug-likeness (QED) is 0.791. The Balaban J connectivity index is 2.04. The summed E-state index contributed by atoms with van der Waals surface area (Å²) in [5.74, 6) is 0.424. The van der Waals surface area contributed by atoms with Gasteiger partial charge in [0.25, 0.3) is 0 Å². The van der Waals surface area contributed by atoms with Crippen LogP contribution >= 0.6 is 0 Å². The van der Waals surface area contributed by atoms with Gasteiger partial charge in [0.05, 0.1) is 24.2 Å². The maximum Gasteiger partial charge on any atom is 0.233 e. The summed E-state index contributed by atoms with van der Waals surface area (Å²) in [7, 11) is -1.96. The van der Waals surface area contributed by atoms with Crippen LogP contribution in [0.2, 0.25) is 0 Å². The second kappa shape index (κ2) is 6.45. The molecule has 1 aromatic heterocycles. The van der Waals surface area contributed by atoms with Crippen LogP contribution in [0, 0.1) is 0 Å². The van der Waals surface area contributed by atoms with Crippen molar-refractivity contribution >= 4 is 21.4 Å². The van der Waals surface area contributed by atoms with E-state index >= 15 is 0 Å². The highest BCUT2D eigenvalue weighted by molar-refractivity contribution is 7.92. The number of aromatic nitrogens is 1. The minimum absolute atomic E-state index is 0.0102. The van der Waals surface area contributed by atoms with Crippen molar-refractivity contribution in [2.24, 2.45) is 0 Å². The third-order valence-corrected chi connectivity index (χ3v) is 4.20. The highest BCUT2D eigenvalue weighted by Crippen LogP contribution is 2.25. The standard InChI is InChI=1S/C14H17N3O3S/c1-20-14-10-12(2-3-13(14)15)17-21(18,19)9-6-11-4-7-16-8-5-11/h2-5,7-8,10,17H,6,9,15H2,1H3. The van der Waals surface area contributed by atoms with Crippen LogP contribution in [-0.4, -0.2) is 26.3 Å². The first-order chi connectivity index (χ1) is 10.00. The minimum atomic E-state index is -3.44. The number of sulfonamides is 1. The van der Waals surface area contributed by atoms with E-state index in [1.165, 1.54) is 7.11 Å². The Hall–Kier alpha value is -2.28. The third kappa shape index (κ3) is 4.35. The first kappa shape index (κ1) is 15.1. The van der Waals surface area contributed by atoms with Crippen LogP contribution in [0.4, 0.5) is 11.4 Å². The van der Waals surface area contributed by atoms with Crippen molar-refractivity contribution < 1.29 is 13.2 Å². The number of ether oxygens (including phenoxy) is 1. The van der Waals surface area contributed by atoms with Gasteiger partial charge in [0.15, 0.2) is 0 Å². The van der Waals surface area contributed by atoms with Gasteiger partial charge in [-0.25, -0.2) is 8.42 Å². The van der Waals surface area contributed by atoms with E-state index in [-0.39, 0.29) is 5.75 Å². The predicted molar refractivity (Wildman–Crippen MR) is 82.8 cm³/mol. The van der Waals surface area contributed by atoms with E-state index < -0.39 is 10.0 Å². The molecule has 1 aromatic carbocycles. The van der Waals surface area contributed by atoms with Crippen LogP contribution in [0.15, 0.2) is 42.7 Å². The Kier molecular flexibility index (Phi) is 4.64. The molecule has 21 heavy (non-hydrogen) atoms. The number of aryl methyl sites for hydroxylation is 1. The van der Waals surface area contributed by atoms with Gasteiger partial charge in [-0.05, 0) is 36.2 Å². The number of pyridine rings is 1. The Bertz CT molecular complexity index is 703. The number of nitrogens with zero attached hydrogens (tertiary/aromatic N) is 1. The van der Waals surface area contributed by atoms with E-state index in [1.807, 2.05) is 0 Å². The highest BCUT2D eigenvalue weighted by atomic mass is 32.2. The van der Waals surface area contributed by atoms with E-state index in [2.05, 4.69) is 9.71 Å². The van der Waals surface area contributed by atoms with Crippen LogP contribution in [0.1, 0.15) is 5.56 Å². The molecule has 0 aliphatic rings. The van der Waals surface area contributed by atoms with Gasteiger partial charge in [-0.2, -0.15) is 0 Å². The Labute approximate surface area is 124 Å². The van der Waals surface area contributed by atoms with Gasteiger partial charge in [-0.3, -0.25) is 9.71 Å². The average Bonchev–Trinajstić information content (AvgIpc) is 2.48. The minimum Gasteiger partial charge on any atom is -0.495 e. The lowest BCUT2D eigenvalue weighted by molar-refractivity contribution is 0.417. The van der Waals surface area contributed by atoms with Gasteiger partial charge >= 0.3 is 0 Å². The lowest BCUT2D eigenvalue weighted by atomic mass is 10.2. The van der Waals surface area contributed by atoms with Gasteiger partial charge in [-0.15, -0.1) is 0 Å². The molecule has 7 heteroatoms. The number of methoxy groups -OCH3 is 1. The van der Waals surface area contributed by atoms with Crippen molar-refractivity contribution in [3.8, 4) is 5.75 Å². The van der Waals surface area contributed by atoms with Crippen LogP contribution < -0.4 is 15.2 Å². The number of anilines is 2. The van der Waals surface area contributed by atoms with E-state index in [9.17, 15) is 8.42 Å².